The maximum absolute atomic E-state index is 10.9. The molecule has 1 amide bonds. The summed E-state index contributed by atoms with van der Waals surface area (Å²) in [6.07, 6.45) is 1.25. The normalized spacial score (nSPS) is 37.6. The fourth-order valence-corrected chi connectivity index (χ4v) is 1.61. The zero-order valence-electron chi connectivity index (χ0n) is 6.30. The number of rotatable bonds is 0. The number of amides is 1. The Morgan fingerprint density at radius 1 is 1.55 bits per heavy atom. The van der Waals surface area contributed by atoms with Crippen molar-refractivity contribution in [3.8, 4) is 0 Å². The summed E-state index contributed by atoms with van der Waals surface area (Å²) in [5.41, 5.74) is 0. The number of hydrogen-bond acceptors (Lipinski definition) is 3. The smallest absolute Gasteiger partial charge is 0.246 e. The SMILES string of the molecule is O=C1COC2CCNC[C@H]2N1. The quantitative estimate of drug-likeness (QED) is 0.466. The highest BCUT2D eigenvalue weighted by Crippen LogP contribution is 2.11. The Kier molecular flexibility index (Phi) is 1.79. The molecule has 4 nitrogen and oxygen atoms in total. The predicted molar refractivity (Wildman–Crippen MR) is 39.2 cm³/mol. The maximum Gasteiger partial charge on any atom is 0.246 e. The number of nitrogens with one attached hydrogen (secondary N) is 2. The highest BCUT2D eigenvalue weighted by molar-refractivity contribution is 5.78. The number of carbonyl (C=O) groups excluding carboxylic acids is 1. The molecule has 2 rings (SSSR count). The van der Waals surface area contributed by atoms with Crippen LogP contribution in [0.4, 0.5) is 0 Å². The molecule has 0 aromatic heterocycles. The zero-order valence-corrected chi connectivity index (χ0v) is 6.30. The highest BCUT2D eigenvalue weighted by Gasteiger charge is 2.31. The van der Waals surface area contributed by atoms with E-state index in [0.29, 0.717) is 0 Å². The van der Waals surface area contributed by atoms with E-state index in [0.717, 1.165) is 19.5 Å². The average Bonchev–Trinajstić information content (AvgIpc) is 2.04. The molecule has 2 aliphatic heterocycles. The minimum Gasteiger partial charge on any atom is -0.366 e. The minimum absolute atomic E-state index is 0.00921. The van der Waals surface area contributed by atoms with Gasteiger partial charge in [-0.05, 0) is 13.0 Å². The number of carbonyl (C=O) groups is 1. The van der Waals surface area contributed by atoms with E-state index in [1.165, 1.54) is 0 Å². The van der Waals surface area contributed by atoms with Gasteiger partial charge in [-0.2, -0.15) is 0 Å². The summed E-state index contributed by atoms with van der Waals surface area (Å²) >= 11 is 0. The molecule has 2 heterocycles. The van der Waals surface area contributed by atoms with Gasteiger partial charge in [-0.15, -0.1) is 0 Å². The summed E-state index contributed by atoms with van der Waals surface area (Å²) < 4.78 is 5.34. The van der Waals surface area contributed by atoms with Crippen molar-refractivity contribution in [2.45, 2.75) is 18.6 Å². The van der Waals surface area contributed by atoms with Crippen LogP contribution in [0.15, 0.2) is 0 Å². The molecule has 11 heavy (non-hydrogen) atoms. The van der Waals surface area contributed by atoms with Crippen molar-refractivity contribution in [2.24, 2.45) is 0 Å². The summed E-state index contributed by atoms with van der Waals surface area (Å²) in [6, 6.07) is 0.199. The fraction of sp³-hybridized carbons (Fsp3) is 0.857. The van der Waals surface area contributed by atoms with Gasteiger partial charge >= 0.3 is 0 Å². The van der Waals surface area contributed by atoms with Gasteiger partial charge in [0.2, 0.25) is 5.91 Å². The summed E-state index contributed by atoms with van der Waals surface area (Å²) in [5.74, 6) is 0.00921. The van der Waals surface area contributed by atoms with Crippen molar-refractivity contribution in [3.05, 3.63) is 0 Å². The molecule has 0 aromatic rings. The van der Waals surface area contributed by atoms with Gasteiger partial charge in [0.1, 0.15) is 6.61 Å². The van der Waals surface area contributed by atoms with Crippen molar-refractivity contribution in [3.63, 3.8) is 0 Å². The van der Waals surface area contributed by atoms with Crippen molar-refractivity contribution in [2.75, 3.05) is 19.7 Å². The molecule has 2 N–H and O–H groups in total. The molecular weight excluding hydrogens is 144 g/mol. The van der Waals surface area contributed by atoms with Crippen LogP contribution >= 0.6 is 0 Å². The van der Waals surface area contributed by atoms with E-state index in [9.17, 15) is 4.79 Å². The lowest BCUT2D eigenvalue weighted by molar-refractivity contribution is -0.138. The number of morpholine rings is 1. The van der Waals surface area contributed by atoms with Gasteiger partial charge < -0.3 is 15.4 Å². The minimum atomic E-state index is 0.00921. The Hall–Kier alpha value is -0.610. The second-order valence-electron chi connectivity index (χ2n) is 3.02. The number of piperidine rings is 1. The molecule has 1 unspecified atom stereocenters. The molecule has 2 atom stereocenters. The third-order valence-corrected chi connectivity index (χ3v) is 2.19. The van der Waals surface area contributed by atoms with E-state index in [1.807, 2.05) is 0 Å². The summed E-state index contributed by atoms with van der Waals surface area (Å²) in [7, 11) is 0. The first-order chi connectivity index (χ1) is 5.36. The van der Waals surface area contributed by atoms with Crippen LogP contribution in [0, 0.1) is 0 Å². The van der Waals surface area contributed by atoms with Crippen LogP contribution in [0.5, 0.6) is 0 Å². The van der Waals surface area contributed by atoms with Gasteiger partial charge in [-0.25, -0.2) is 0 Å². The summed E-state index contributed by atoms with van der Waals surface area (Å²) in [4.78, 5) is 10.9. The molecule has 0 radical (unpaired) electrons. The second kappa shape index (κ2) is 2.79. The van der Waals surface area contributed by atoms with Crippen molar-refractivity contribution in [1.29, 1.82) is 0 Å². The largest absolute Gasteiger partial charge is 0.366 e. The Balaban J connectivity index is 1.98. The lowest BCUT2D eigenvalue weighted by Crippen LogP contribution is -2.59. The van der Waals surface area contributed by atoms with Crippen LogP contribution in [0.1, 0.15) is 6.42 Å². The molecule has 0 aliphatic carbocycles. The first kappa shape index (κ1) is 7.06. The van der Waals surface area contributed by atoms with E-state index in [1.54, 1.807) is 0 Å². The van der Waals surface area contributed by atoms with Crippen molar-refractivity contribution in [1.82, 2.24) is 10.6 Å². The van der Waals surface area contributed by atoms with Crippen LogP contribution < -0.4 is 10.6 Å². The van der Waals surface area contributed by atoms with E-state index in [4.69, 9.17) is 4.74 Å². The van der Waals surface area contributed by atoms with Gasteiger partial charge in [0.05, 0.1) is 12.1 Å². The predicted octanol–water partition coefficient (Wildman–Crippen LogP) is -1.14. The van der Waals surface area contributed by atoms with Gasteiger partial charge in [-0.1, -0.05) is 0 Å². The molecule has 2 aliphatic rings. The molecule has 2 fully saturated rings. The van der Waals surface area contributed by atoms with E-state index in [-0.39, 0.29) is 24.7 Å². The van der Waals surface area contributed by atoms with Gasteiger partial charge in [0, 0.05) is 6.54 Å². The molecule has 0 spiro atoms. The van der Waals surface area contributed by atoms with Crippen LogP contribution in [0.25, 0.3) is 0 Å². The Labute approximate surface area is 65.3 Å². The number of hydrogen-bond donors (Lipinski definition) is 2. The zero-order chi connectivity index (χ0) is 7.68. The first-order valence-corrected chi connectivity index (χ1v) is 3.98. The topological polar surface area (TPSA) is 50.4 Å². The monoisotopic (exact) mass is 156 g/mol. The van der Waals surface area contributed by atoms with Crippen molar-refractivity contribution >= 4 is 5.91 Å². The third kappa shape index (κ3) is 1.36. The number of fused-ring (bicyclic) bond motifs is 1. The van der Waals surface area contributed by atoms with Crippen LogP contribution in [0.2, 0.25) is 0 Å². The van der Waals surface area contributed by atoms with E-state index >= 15 is 0 Å². The Morgan fingerprint density at radius 2 is 2.45 bits per heavy atom. The van der Waals surface area contributed by atoms with E-state index in [2.05, 4.69) is 10.6 Å². The molecule has 0 bridgehead atoms. The fourth-order valence-electron chi connectivity index (χ4n) is 1.61. The Bertz CT molecular complexity index is 172. The van der Waals surface area contributed by atoms with Gasteiger partial charge in [-0.3, -0.25) is 4.79 Å². The summed E-state index contributed by atoms with van der Waals surface area (Å²) in [6.45, 7) is 2.08. The molecule has 0 saturated carbocycles. The summed E-state index contributed by atoms with van der Waals surface area (Å²) in [5, 5.41) is 6.10. The molecular formula is C7H12N2O2. The van der Waals surface area contributed by atoms with E-state index < -0.39 is 0 Å². The van der Waals surface area contributed by atoms with Crippen LogP contribution in [-0.4, -0.2) is 37.7 Å². The average molecular weight is 156 g/mol. The molecule has 4 heteroatoms. The highest BCUT2D eigenvalue weighted by atomic mass is 16.5. The number of ether oxygens (including phenoxy) is 1. The Morgan fingerprint density at radius 3 is 3.36 bits per heavy atom. The lowest BCUT2D eigenvalue weighted by atomic mass is 10.0. The maximum atomic E-state index is 10.9. The second-order valence-corrected chi connectivity index (χ2v) is 3.02. The third-order valence-electron chi connectivity index (χ3n) is 2.19. The van der Waals surface area contributed by atoms with Gasteiger partial charge in [0.15, 0.2) is 0 Å². The lowest BCUT2D eigenvalue weighted by Gasteiger charge is -2.35. The van der Waals surface area contributed by atoms with Gasteiger partial charge in [0.25, 0.3) is 0 Å². The van der Waals surface area contributed by atoms with Crippen molar-refractivity contribution < 1.29 is 9.53 Å². The molecule has 62 valence electrons. The van der Waals surface area contributed by atoms with Crippen LogP contribution in [0.3, 0.4) is 0 Å². The molecule has 2 saturated heterocycles. The van der Waals surface area contributed by atoms with Crippen LogP contribution in [-0.2, 0) is 9.53 Å². The standard InChI is InChI=1S/C7H12N2O2/c10-7-4-11-6-1-2-8-3-5(6)9-7/h5-6,8H,1-4H2,(H,9,10)/t5-,6?/m1/s1. The molecule has 0 aromatic carbocycles. The first-order valence-electron chi connectivity index (χ1n) is 3.98.